The van der Waals surface area contributed by atoms with E-state index in [1.807, 2.05) is 7.05 Å². The molecule has 0 aromatic rings. The molecule has 0 amide bonds. The average Bonchev–Trinajstić information content (AvgIpc) is 2.17. The second kappa shape index (κ2) is 4.96. The maximum atomic E-state index is 11.1. The average molecular weight is 222 g/mol. The molecule has 1 rings (SSSR count). The van der Waals surface area contributed by atoms with Crippen molar-refractivity contribution in [3.8, 4) is 0 Å². The summed E-state index contributed by atoms with van der Waals surface area (Å²) in [6, 6.07) is 0. The molecule has 0 atom stereocenters. The molecular weight excluding hydrogens is 206 g/mol. The summed E-state index contributed by atoms with van der Waals surface area (Å²) in [5, 5.41) is 9.12. The van der Waals surface area contributed by atoms with Gasteiger partial charge in [0, 0.05) is 19.0 Å². The second-order valence-electron chi connectivity index (χ2n) is 3.64. The molecule has 1 heterocycles. The standard InChI is InChI=1S/C9H16ClNO3/c1-11-5-2-9(3-6-11,8(12)13)14-7-4-10/h2-7H2,1H3,(H,12,13). The van der Waals surface area contributed by atoms with E-state index in [4.69, 9.17) is 21.4 Å². The first kappa shape index (κ1) is 11.8. The Labute approximate surface area is 88.8 Å². The molecule has 1 saturated heterocycles. The summed E-state index contributed by atoms with van der Waals surface area (Å²) in [4.78, 5) is 13.2. The second-order valence-corrected chi connectivity index (χ2v) is 4.02. The molecule has 0 radical (unpaired) electrons. The lowest BCUT2D eigenvalue weighted by Crippen LogP contribution is -2.50. The summed E-state index contributed by atoms with van der Waals surface area (Å²) in [6.07, 6.45) is 1.07. The molecule has 5 heteroatoms. The molecule has 1 aliphatic heterocycles. The highest BCUT2D eigenvalue weighted by molar-refractivity contribution is 6.18. The van der Waals surface area contributed by atoms with Gasteiger partial charge in [-0.05, 0) is 19.9 Å². The van der Waals surface area contributed by atoms with Gasteiger partial charge in [-0.3, -0.25) is 0 Å². The van der Waals surface area contributed by atoms with Crippen LogP contribution in [0.25, 0.3) is 0 Å². The van der Waals surface area contributed by atoms with Gasteiger partial charge >= 0.3 is 5.97 Å². The van der Waals surface area contributed by atoms with Crippen LogP contribution < -0.4 is 0 Å². The number of ether oxygens (including phenoxy) is 1. The number of hydrogen-bond acceptors (Lipinski definition) is 3. The summed E-state index contributed by atoms with van der Waals surface area (Å²) in [5.74, 6) is -0.527. The van der Waals surface area contributed by atoms with E-state index in [-0.39, 0.29) is 0 Å². The predicted octanol–water partition coefficient (Wildman–Crippen LogP) is 0.791. The summed E-state index contributed by atoms with van der Waals surface area (Å²) in [7, 11) is 1.98. The van der Waals surface area contributed by atoms with E-state index in [1.165, 1.54) is 0 Å². The molecule has 0 spiro atoms. The Hall–Kier alpha value is -0.320. The Morgan fingerprint density at radius 1 is 1.57 bits per heavy atom. The fourth-order valence-electron chi connectivity index (χ4n) is 1.63. The number of piperidine rings is 1. The van der Waals surface area contributed by atoms with Gasteiger partial charge in [0.2, 0.25) is 0 Å². The van der Waals surface area contributed by atoms with E-state index in [2.05, 4.69) is 4.90 Å². The van der Waals surface area contributed by atoms with Crippen molar-refractivity contribution in [2.75, 3.05) is 32.6 Å². The van der Waals surface area contributed by atoms with Crippen LogP contribution in [0.1, 0.15) is 12.8 Å². The predicted molar refractivity (Wildman–Crippen MR) is 53.8 cm³/mol. The monoisotopic (exact) mass is 221 g/mol. The number of carbonyl (C=O) groups is 1. The van der Waals surface area contributed by atoms with Crippen LogP contribution in [0.2, 0.25) is 0 Å². The quantitative estimate of drug-likeness (QED) is 0.714. The number of nitrogens with zero attached hydrogens (tertiary/aromatic N) is 1. The van der Waals surface area contributed by atoms with Gasteiger partial charge in [0.25, 0.3) is 0 Å². The van der Waals surface area contributed by atoms with Crippen LogP contribution in [0.5, 0.6) is 0 Å². The van der Waals surface area contributed by atoms with Crippen molar-refractivity contribution >= 4 is 17.6 Å². The van der Waals surface area contributed by atoms with Crippen molar-refractivity contribution in [2.24, 2.45) is 0 Å². The van der Waals surface area contributed by atoms with E-state index >= 15 is 0 Å². The number of halogens is 1. The zero-order chi connectivity index (χ0) is 10.6. The molecule has 1 N–H and O–H groups in total. The zero-order valence-electron chi connectivity index (χ0n) is 8.33. The van der Waals surface area contributed by atoms with Crippen molar-refractivity contribution in [1.29, 1.82) is 0 Å². The van der Waals surface area contributed by atoms with Crippen LogP contribution in [0.3, 0.4) is 0 Å². The van der Waals surface area contributed by atoms with E-state index in [9.17, 15) is 4.79 Å². The van der Waals surface area contributed by atoms with Gasteiger partial charge in [-0.25, -0.2) is 4.79 Å². The van der Waals surface area contributed by atoms with Crippen LogP contribution in [-0.2, 0) is 9.53 Å². The van der Waals surface area contributed by atoms with Gasteiger partial charge in [-0.2, -0.15) is 0 Å². The summed E-state index contributed by atoms with van der Waals surface area (Å²) in [6.45, 7) is 1.82. The van der Waals surface area contributed by atoms with Gasteiger partial charge in [0.05, 0.1) is 6.61 Å². The minimum atomic E-state index is -0.999. The largest absolute Gasteiger partial charge is 0.479 e. The Bertz CT molecular complexity index is 197. The summed E-state index contributed by atoms with van der Waals surface area (Å²) >= 11 is 5.49. The van der Waals surface area contributed by atoms with Gasteiger partial charge < -0.3 is 14.7 Å². The fourth-order valence-corrected chi connectivity index (χ4v) is 1.71. The lowest BCUT2D eigenvalue weighted by Gasteiger charge is -2.36. The highest BCUT2D eigenvalue weighted by Crippen LogP contribution is 2.26. The van der Waals surface area contributed by atoms with Crippen molar-refractivity contribution < 1.29 is 14.6 Å². The molecule has 4 nitrogen and oxygen atoms in total. The lowest BCUT2D eigenvalue weighted by atomic mass is 9.91. The van der Waals surface area contributed by atoms with Gasteiger partial charge in [-0.1, -0.05) is 0 Å². The minimum Gasteiger partial charge on any atom is -0.479 e. The van der Waals surface area contributed by atoms with Crippen molar-refractivity contribution in [1.82, 2.24) is 4.90 Å². The van der Waals surface area contributed by atoms with Crippen LogP contribution in [0.15, 0.2) is 0 Å². The summed E-state index contributed by atoms with van der Waals surface area (Å²) in [5.41, 5.74) is -0.999. The SMILES string of the molecule is CN1CCC(OCCCl)(C(=O)O)CC1. The fraction of sp³-hybridized carbons (Fsp3) is 0.889. The first-order valence-electron chi connectivity index (χ1n) is 4.72. The van der Waals surface area contributed by atoms with Gasteiger partial charge in [0.1, 0.15) is 0 Å². The molecule has 82 valence electrons. The summed E-state index contributed by atoms with van der Waals surface area (Å²) < 4.78 is 5.37. The number of carboxylic acid groups (broad SMARTS) is 1. The van der Waals surface area contributed by atoms with Gasteiger partial charge in [-0.15, -0.1) is 11.6 Å². The molecule has 0 aromatic heterocycles. The minimum absolute atomic E-state index is 0.303. The highest BCUT2D eigenvalue weighted by atomic mass is 35.5. The first-order valence-corrected chi connectivity index (χ1v) is 5.26. The highest BCUT2D eigenvalue weighted by Gasteiger charge is 2.41. The Morgan fingerprint density at radius 2 is 2.14 bits per heavy atom. The normalized spacial score (nSPS) is 22.1. The molecule has 0 unspecified atom stereocenters. The first-order chi connectivity index (χ1) is 6.60. The van der Waals surface area contributed by atoms with E-state index in [0.717, 1.165) is 13.1 Å². The number of rotatable bonds is 4. The van der Waals surface area contributed by atoms with E-state index in [1.54, 1.807) is 0 Å². The molecule has 0 aliphatic carbocycles. The van der Waals surface area contributed by atoms with Crippen LogP contribution in [-0.4, -0.2) is 54.2 Å². The third-order valence-corrected chi connectivity index (χ3v) is 2.79. The van der Waals surface area contributed by atoms with Crippen molar-refractivity contribution in [3.63, 3.8) is 0 Å². The van der Waals surface area contributed by atoms with Crippen molar-refractivity contribution in [3.05, 3.63) is 0 Å². The smallest absolute Gasteiger partial charge is 0.336 e. The molecule has 0 bridgehead atoms. The topological polar surface area (TPSA) is 49.8 Å². The molecule has 1 aliphatic rings. The van der Waals surface area contributed by atoms with Crippen LogP contribution in [0, 0.1) is 0 Å². The molecule has 1 fully saturated rings. The van der Waals surface area contributed by atoms with E-state index < -0.39 is 11.6 Å². The number of likely N-dealkylation sites (tertiary alicyclic amines) is 1. The Kier molecular flexibility index (Phi) is 4.16. The number of alkyl halides is 1. The van der Waals surface area contributed by atoms with Crippen LogP contribution >= 0.6 is 11.6 Å². The zero-order valence-corrected chi connectivity index (χ0v) is 9.09. The maximum Gasteiger partial charge on any atom is 0.336 e. The molecular formula is C9H16ClNO3. The number of aliphatic carboxylic acids is 1. The third kappa shape index (κ3) is 2.59. The molecule has 0 saturated carbocycles. The number of hydrogen-bond donors (Lipinski definition) is 1. The third-order valence-electron chi connectivity index (χ3n) is 2.64. The molecule has 0 aromatic carbocycles. The Balaban J connectivity index is 2.58. The number of carboxylic acids is 1. The van der Waals surface area contributed by atoms with Crippen LogP contribution in [0.4, 0.5) is 0 Å². The van der Waals surface area contributed by atoms with E-state index in [0.29, 0.717) is 25.3 Å². The Morgan fingerprint density at radius 3 is 2.57 bits per heavy atom. The maximum absolute atomic E-state index is 11.1. The molecule has 14 heavy (non-hydrogen) atoms. The van der Waals surface area contributed by atoms with Crippen molar-refractivity contribution in [2.45, 2.75) is 18.4 Å². The lowest BCUT2D eigenvalue weighted by molar-refractivity contribution is -0.171. The van der Waals surface area contributed by atoms with Gasteiger partial charge in [0.15, 0.2) is 5.60 Å².